The van der Waals surface area contributed by atoms with Crippen LogP contribution in [0.5, 0.6) is 0 Å². The van der Waals surface area contributed by atoms with E-state index in [2.05, 4.69) is 44.0 Å². The molecule has 6 heterocycles. The van der Waals surface area contributed by atoms with Crippen molar-refractivity contribution in [3.63, 3.8) is 0 Å². The zero-order valence-electron chi connectivity index (χ0n) is 47.8. The van der Waals surface area contributed by atoms with Gasteiger partial charge >= 0.3 is 0 Å². The SMILES string of the molecule is CCC(O)(Cn1c2c(c3cc(Cl)ccc31)CN(C)CC2)c1ccc(F)cc1.CN1CCc2c(c3cc(Cl)ccc3n2CC(O)(c2ccc(F)cc2)C(C)(F)F)C1.Cc1cc(Cl)ccc1C(C)(O)Cn1c2c(c3cc(Cl)ccc31)CN(C)CC2. The molecule has 6 aromatic carbocycles. The maximum atomic E-state index is 14.7. The van der Waals surface area contributed by atoms with Crippen molar-refractivity contribution < 1.29 is 32.9 Å². The fraction of sp³-hybridized carbons (Fsp3) is 0.364. The molecule has 12 rings (SSSR count). The van der Waals surface area contributed by atoms with Gasteiger partial charge in [-0.05, 0) is 171 Å². The molecule has 0 aliphatic carbocycles. The second-order valence-electron chi connectivity index (χ2n) is 23.4. The van der Waals surface area contributed by atoms with E-state index in [1.54, 1.807) is 28.8 Å². The lowest BCUT2D eigenvalue weighted by molar-refractivity contribution is -0.183. The number of alkyl halides is 2. The third-order valence-corrected chi connectivity index (χ3v) is 18.2. The summed E-state index contributed by atoms with van der Waals surface area (Å²) in [5, 5.41) is 40.0. The van der Waals surface area contributed by atoms with Crippen molar-refractivity contribution in [3.8, 4) is 0 Å². The molecule has 3 aliphatic heterocycles. The Morgan fingerprint density at radius 3 is 1.23 bits per heavy atom. The summed E-state index contributed by atoms with van der Waals surface area (Å²) in [7, 11) is 6.27. The summed E-state index contributed by atoms with van der Waals surface area (Å²) in [6.07, 6.45) is 3.11. The molecule has 3 atom stereocenters. The molecule has 0 radical (unpaired) electrons. The number of aliphatic hydroxyl groups is 3. The van der Waals surface area contributed by atoms with Crippen LogP contribution in [-0.2, 0) is 75.3 Å². The summed E-state index contributed by atoms with van der Waals surface area (Å²) < 4.78 is 62.5. The highest BCUT2D eigenvalue weighted by Gasteiger charge is 2.51. The lowest BCUT2D eigenvalue weighted by Gasteiger charge is -2.36. The minimum absolute atomic E-state index is 0.0242. The number of likely N-dealkylation sites (N-methyl/N-ethyl adjacent to an activating group) is 3. The Hall–Kier alpha value is -5.42. The van der Waals surface area contributed by atoms with E-state index >= 15 is 0 Å². The van der Waals surface area contributed by atoms with Crippen LogP contribution in [0, 0.1) is 18.6 Å². The minimum atomic E-state index is -3.45. The van der Waals surface area contributed by atoms with Gasteiger partial charge in [0.15, 0.2) is 5.60 Å². The van der Waals surface area contributed by atoms with Gasteiger partial charge in [-0.2, -0.15) is 0 Å². The van der Waals surface area contributed by atoms with Crippen LogP contribution in [0.2, 0.25) is 20.1 Å². The van der Waals surface area contributed by atoms with Crippen LogP contribution >= 0.6 is 46.4 Å². The van der Waals surface area contributed by atoms with Gasteiger partial charge in [0.2, 0.25) is 0 Å². The van der Waals surface area contributed by atoms with Crippen LogP contribution in [0.3, 0.4) is 0 Å². The molecule has 9 nitrogen and oxygen atoms in total. The van der Waals surface area contributed by atoms with Crippen LogP contribution in [-0.4, -0.2) is 90.4 Å². The molecule has 17 heteroatoms. The maximum absolute atomic E-state index is 14.7. The van der Waals surface area contributed by atoms with Crippen molar-refractivity contribution in [2.45, 2.75) is 115 Å². The monoisotopic (exact) mass is 1210 g/mol. The number of benzene rings is 6. The minimum Gasteiger partial charge on any atom is -0.384 e. The van der Waals surface area contributed by atoms with Crippen molar-refractivity contribution >= 4 is 79.1 Å². The number of nitrogens with zero attached hydrogens (tertiary/aromatic N) is 6. The van der Waals surface area contributed by atoms with Gasteiger partial charge in [-0.1, -0.05) is 83.7 Å². The summed E-state index contributed by atoms with van der Waals surface area (Å²) in [4.78, 5) is 6.79. The highest BCUT2D eigenvalue weighted by atomic mass is 35.5. The molecule has 3 aromatic heterocycles. The molecular formula is C66H70Cl4F4N6O3. The predicted octanol–water partition coefficient (Wildman–Crippen LogP) is 14.8. The van der Waals surface area contributed by atoms with Gasteiger partial charge < -0.3 is 43.7 Å². The third-order valence-electron chi connectivity index (χ3n) is 17.3. The Balaban J connectivity index is 0.000000139. The lowest BCUT2D eigenvalue weighted by Crippen LogP contribution is -2.47. The van der Waals surface area contributed by atoms with E-state index in [1.807, 2.05) is 82.4 Å². The van der Waals surface area contributed by atoms with E-state index in [0.717, 1.165) is 123 Å². The topological polar surface area (TPSA) is 85.2 Å². The van der Waals surface area contributed by atoms with Gasteiger partial charge in [0.25, 0.3) is 5.92 Å². The van der Waals surface area contributed by atoms with E-state index in [4.69, 9.17) is 46.4 Å². The van der Waals surface area contributed by atoms with Crippen LogP contribution in [0.4, 0.5) is 17.6 Å². The quantitative estimate of drug-likeness (QED) is 0.112. The summed E-state index contributed by atoms with van der Waals surface area (Å²) in [6, 6.07) is 33.8. The summed E-state index contributed by atoms with van der Waals surface area (Å²) in [5.41, 5.74) is 8.18. The molecule has 3 aliphatic rings. The Morgan fingerprint density at radius 1 is 0.482 bits per heavy atom. The van der Waals surface area contributed by atoms with Crippen molar-refractivity contribution in [1.29, 1.82) is 0 Å². The zero-order chi connectivity index (χ0) is 59.5. The molecular weight excluding hydrogens is 1140 g/mol. The first kappa shape index (κ1) is 60.7. The molecule has 83 heavy (non-hydrogen) atoms. The average molecular weight is 1210 g/mol. The maximum Gasteiger partial charge on any atom is 0.279 e. The van der Waals surface area contributed by atoms with Gasteiger partial charge in [-0.3, -0.25) is 0 Å². The Morgan fingerprint density at radius 2 is 0.843 bits per heavy atom. The number of halogens is 8. The number of aromatic nitrogens is 3. The molecule has 0 spiro atoms. The van der Waals surface area contributed by atoms with E-state index < -0.39 is 28.5 Å². The molecule has 0 saturated heterocycles. The van der Waals surface area contributed by atoms with Gasteiger partial charge in [-0.15, -0.1) is 0 Å². The van der Waals surface area contributed by atoms with Crippen LogP contribution in [0.15, 0.2) is 121 Å². The van der Waals surface area contributed by atoms with E-state index in [0.29, 0.717) is 49.4 Å². The Bertz CT molecular complexity index is 3860. The molecule has 3 N–H and O–H groups in total. The van der Waals surface area contributed by atoms with Gasteiger partial charge in [0, 0.05) is 135 Å². The number of rotatable bonds is 11. The van der Waals surface area contributed by atoms with Crippen molar-refractivity contribution in [3.05, 3.63) is 209 Å². The van der Waals surface area contributed by atoms with Crippen LogP contribution in [0.25, 0.3) is 32.7 Å². The number of fused-ring (bicyclic) bond motifs is 9. The summed E-state index contributed by atoms with van der Waals surface area (Å²) in [6.45, 7) is 12.4. The summed E-state index contributed by atoms with van der Waals surface area (Å²) in [5.74, 6) is -4.29. The molecule has 0 fully saturated rings. The first-order valence-corrected chi connectivity index (χ1v) is 29.6. The molecule has 0 bridgehead atoms. The van der Waals surface area contributed by atoms with Crippen molar-refractivity contribution in [1.82, 2.24) is 28.4 Å². The average Bonchev–Trinajstić information content (AvgIpc) is 2.03. The van der Waals surface area contributed by atoms with E-state index in [-0.39, 0.29) is 17.9 Å². The van der Waals surface area contributed by atoms with E-state index in [1.165, 1.54) is 52.2 Å². The molecule has 438 valence electrons. The standard InChI is InChI=1S/C22H24Cl2N2O.C22H22ClF3N2O.C22H24ClFN2O/c1-14-10-15(23)4-6-19(14)22(2,27)13-26-20-7-5-16(24)11-17(20)18-12-25(3)9-8-21(18)26;1-21(25,26)22(29,14-3-6-16(24)7-4-14)13-28-19-8-5-15(23)11-17(19)18-12-27(2)10-9-20(18)28;1-3-22(27,15-4-7-17(24)8-5-15)14-26-20-9-6-16(23)12-18(20)19-13-25(2)11-10-21(19)26/h4-7,10-11,27H,8-9,12-13H2,1-3H3;3-8,11,29H,9-10,12-13H2,1-2H3;4-9,12,27H,3,10-11,13-14H2,1-2H3. The fourth-order valence-electron chi connectivity index (χ4n) is 12.7. The highest BCUT2D eigenvalue weighted by molar-refractivity contribution is 6.32. The fourth-order valence-corrected chi connectivity index (χ4v) is 13.4. The predicted molar refractivity (Wildman–Crippen MR) is 328 cm³/mol. The van der Waals surface area contributed by atoms with Crippen LogP contribution < -0.4 is 0 Å². The third kappa shape index (κ3) is 12.2. The molecule has 0 saturated carbocycles. The first-order valence-electron chi connectivity index (χ1n) is 28.0. The first-order chi connectivity index (χ1) is 39.3. The smallest absolute Gasteiger partial charge is 0.279 e. The normalized spacial score (nSPS) is 17.2. The van der Waals surface area contributed by atoms with Crippen LogP contribution in [0.1, 0.15) is 83.2 Å². The molecule has 9 aromatic rings. The lowest BCUT2D eigenvalue weighted by atomic mass is 9.87. The van der Waals surface area contributed by atoms with Crippen molar-refractivity contribution in [2.75, 3.05) is 40.8 Å². The molecule has 3 unspecified atom stereocenters. The highest BCUT2D eigenvalue weighted by Crippen LogP contribution is 2.43. The largest absolute Gasteiger partial charge is 0.384 e. The van der Waals surface area contributed by atoms with E-state index in [9.17, 15) is 32.9 Å². The van der Waals surface area contributed by atoms with Gasteiger partial charge in [0.05, 0.1) is 19.6 Å². The Kier molecular flexibility index (Phi) is 17.4. The van der Waals surface area contributed by atoms with Crippen molar-refractivity contribution in [2.24, 2.45) is 0 Å². The molecule has 0 amide bonds. The number of hydrogen-bond acceptors (Lipinski definition) is 6. The second-order valence-corrected chi connectivity index (χ2v) is 25.1. The summed E-state index contributed by atoms with van der Waals surface area (Å²) >= 11 is 24.9. The van der Waals surface area contributed by atoms with Gasteiger partial charge in [-0.25, -0.2) is 17.6 Å². The number of aryl methyl sites for hydroxylation is 1. The second kappa shape index (κ2) is 23.8. The Labute approximate surface area is 502 Å². The number of hydrogen-bond donors (Lipinski definition) is 3. The zero-order valence-corrected chi connectivity index (χ0v) is 50.8. The van der Waals surface area contributed by atoms with Gasteiger partial charge in [0.1, 0.15) is 22.8 Å².